The fourth-order valence-corrected chi connectivity index (χ4v) is 2.48. The molecule has 0 radical (unpaired) electrons. The number of carbonyl (C=O) groups excluding carboxylic acids is 1. The van der Waals surface area contributed by atoms with E-state index >= 15 is 0 Å². The van der Waals surface area contributed by atoms with Gasteiger partial charge in [-0.3, -0.25) is 4.79 Å². The molecule has 7 heteroatoms. The first-order chi connectivity index (χ1) is 11.6. The third-order valence-electron chi connectivity index (χ3n) is 3.72. The van der Waals surface area contributed by atoms with E-state index in [1.165, 1.54) is 24.3 Å². The molecule has 0 unspecified atom stereocenters. The lowest BCUT2D eigenvalue weighted by Gasteiger charge is -2.32. The second-order valence-electron chi connectivity index (χ2n) is 5.47. The van der Waals surface area contributed by atoms with E-state index in [9.17, 15) is 9.18 Å². The average Bonchev–Trinajstić information content (AvgIpc) is 2.61. The summed E-state index contributed by atoms with van der Waals surface area (Å²) in [6, 6.07) is 7.37. The van der Waals surface area contributed by atoms with Gasteiger partial charge in [-0.25, -0.2) is 14.4 Å². The fourth-order valence-electron chi connectivity index (χ4n) is 2.48. The van der Waals surface area contributed by atoms with Crippen molar-refractivity contribution in [2.75, 3.05) is 26.3 Å². The minimum Gasteiger partial charge on any atom is -0.484 e. The monoisotopic (exact) mass is 331 g/mol. The standard InChI is InChI=1S/C17H18FN3O3/c1-12-19-7-6-15(20-12)16-10-21(8-9-23-16)17(22)11-24-14-4-2-13(18)3-5-14/h2-7,16H,8-11H2,1H3/t16-/m1/s1. The minimum absolute atomic E-state index is 0.0961. The molecule has 3 rings (SSSR count). The summed E-state index contributed by atoms with van der Waals surface area (Å²) in [7, 11) is 0. The van der Waals surface area contributed by atoms with Crippen molar-refractivity contribution >= 4 is 5.91 Å². The van der Waals surface area contributed by atoms with Gasteiger partial charge in [0.25, 0.3) is 5.91 Å². The van der Waals surface area contributed by atoms with Crippen molar-refractivity contribution in [1.29, 1.82) is 0 Å². The lowest BCUT2D eigenvalue weighted by Crippen LogP contribution is -2.44. The van der Waals surface area contributed by atoms with Crippen LogP contribution < -0.4 is 4.74 Å². The number of benzene rings is 1. The third-order valence-corrected chi connectivity index (χ3v) is 3.72. The van der Waals surface area contributed by atoms with Crippen LogP contribution in [0.5, 0.6) is 5.75 Å². The number of hydrogen-bond donors (Lipinski definition) is 0. The minimum atomic E-state index is -0.343. The van der Waals surface area contributed by atoms with Crippen LogP contribution in [0.1, 0.15) is 17.6 Å². The van der Waals surface area contributed by atoms with E-state index in [0.29, 0.717) is 31.3 Å². The van der Waals surface area contributed by atoms with Gasteiger partial charge in [-0.1, -0.05) is 0 Å². The molecule has 0 saturated carbocycles. The Balaban J connectivity index is 1.57. The molecule has 2 heterocycles. The molecule has 24 heavy (non-hydrogen) atoms. The van der Waals surface area contributed by atoms with E-state index in [0.717, 1.165) is 5.69 Å². The highest BCUT2D eigenvalue weighted by Gasteiger charge is 2.26. The van der Waals surface area contributed by atoms with Crippen LogP contribution in [0.4, 0.5) is 4.39 Å². The first kappa shape index (κ1) is 16.3. The number of morpholine rings is 1. The van der Waals surface area contributed by atoms with Crippen molar-refractivity contribution in [3.05, 3.63) is 53.9 Å². The van der Waals surface area contributed by atoms with E-state index in [-0.39, 0.29) is 24.4 Å². The molecule has 126 valence electrons. The summed E-state index contributed by atoms with van der Waals surface area (Å²) < 4.78 is 24.0. The van der Waals surface area contributed by atoms with Crippen LogP contribution in [-0.2, 0) is 9.53 Å². The van der Waals surface area contributed by atoms with E-state index in [1.54, 1.807) is 17.2 Å². The van der Waals surface area contributed by atoms with E-state index < -0.39 is 0 Å². The van der Waals surface area contributed by atoms with Gasteiger partial charge in [0.1, 0.15) is 23.5 Å². The molecule has 1 atom stereocenters. The number of amides is 1. The Labute approximate surface area is 139 Å². The number of ether oxygens (including phenoxy) is 2. The van der Waals surface area contributed by atoms with Crippen molar-refractivity contribution in [1.82, 2.24) is 14.9 Å². The second-order valence-corrected chi connectivity index (χ2v) is 5.47. The van der Waals surface area contributed by atoms with E-state index in [1.807, 2.05) is 6.92 Å². The molecule has 0 spiro atoms. The van der Waals surface area contributed by atoms with Crippen LogP contribution in [0.25, 0.3) is 0 Å². The van der Waals surface area contributed by atoms with Crippen molar-refractivity contribution in [3.8, 4) is 5.75 Å². The van der Waals surface area contributed by atoms with Gasteiger partial charge in [-0.05, 0) is 37.3 Å². The third kappa shape index (κ3) is 4.05. The Bertz CT molecular complexity index is 708. The second kappa shape index (κ2) is 7.35. The number of carbonyl (C=O) groups is 1. The largest absolute Gasteiger partial charge is 0.484 e. The number of aromatic nitrogens is 2. The maximum Gasteiger partial charge on any atom is 0.260 e. The molecular formula is C17H18FN3O3. The summed E-state index contributed by atoms with van der Waals surface area (Å²) in [4.78, 5) is 22.4. The zero-order valence-corrected chi connectivity index (χ0v) is 13.3. The zero-order valence-electron chi connectivity index (χ0n) is 13.3. The Morgan fingerprint density at radius 2 is 2.17 bits per heavy atom. The van der Waals surface area contributed by atoms with Crippen molar-refractivity contribution in [3.63, 3.8) is 0 Å². The van der Waals surface area contributed by atoms with Crippen LogP contribution in [0.15, 0.2) is 36.5 Å². The summed E-state index contributed by atoms with van der Waals surface area (Å²) in [5, 5.41) is 0. The van der Waals surface area contributed by atoms with Crippen LogP contribution >= 0.6 is 0 Å². The number of halogens is 1. The zero-order chi connectivity index (χ0) is 16.9. The highest BCUT2D eigenvalue weighted by molar-refractivity contribution is 5.77. The first-order valence-corrected chi connectivity index (χ1v) is 7.69. The molecule has 1 aromatic heterocycles. The maximum absolute atomic E-state index is 12.9. The lowest BCUT2D eigenvalue weighted by atomic mass is 10.2. The summed E-state index contributed by atoms with van der Waals surface area (Å²) in [6.45, 7) is 3.08. The molecule has 1 aliphatic rings. The molecule has 0 N–H and O–H groups in total. The number of nitrogens with zero attached hydrogens (tertiary/aromatic N) is 3. The molecule has 1 aromatic carbocycles. The van der Waals surface area contributed by atoms with Crippen LogP contribution in [0.2, 0.25) is 0 Å². The molecule has 2 aromatic rings. The van der Waals surface area contributed by atoms with Crippen molar-refractivity contribution < 1.29 is 18.7 Å². The molecule has 1 amide bonds. The van der Waals surface area contributed by atoms with Gasteiger partial charge in [-0.2, -0.15) is 0 Å². The van der Waals surface area contributed by atoms with Crippen molar-refractivity contribution in [2.45, 2.75) is 13.0 Å². The van der Waals surface area contributed by atoms with Gasteiger partial charge >= 0.3 is 0 Å². The van der Waals surface area contributed by atoms with Crippen LogP contribution in [0, 0.1) is 12.7 Å². The van der Waals surface area contributed by atoms with Crippen LogP contribution in [-0.4, -0.2) is 47.1 Å². The number of hydrogen-bond acceptors (Lipinski definition) is 5. The van der Waals surface area contributed by atoms with Crippen molar-refractivity contribution in [2.24, 2.45) is 0 Å². The van der Waals surface area contributed by atoms with Gasteiger partial charge in [0.2, 0.25) is 0 Å². The highest BCUT2D eigenvalue weighted by Crippen LogP contribution is 2.20. The maximum atomic E-state index is 12.9. The van der Waals surface area contributed by atoms with Gasteiger partial charge in [-0.15, -0.1) is 0 Å². The molecule has 1 saturated heterocycles. The van der Waals surface area contributed by atoms with Gasteiger partial charge in [0.05, 0.1) is 18.8 Å². The van der Waals surface area contributed by atoms with Gasteiger partial charge < -0.3 is 14.4 Å². The quantitative estimate of drug-likeness (QED) is 0.856. The van der Waals surface area contributed by atoms with Gasteiger partial charge in [0, 0.05) is 12.7 Å². The molecular weight excluding hydrogens is 313 g/mol. The van der Waals surface area contributed by atoms with Crippen LogP contribution in [0.3, 0.4) is 0 Å². The smallest absolute Gasteiger partial charge is 0.260 e. The summed E-state index contributed by atoms with van der Waals surface area (Å²) >= 11 is 0. The van der Waals surface area contributed by atoms with Gasteiger partial charge in [0.15, 0.2) is 6.61 Å². The highest BCUT2D eigenvalue weighted by atomic mass is 19.1. The number of aryl methyl sites for hydroxylation is 1. The summed E-state index contributed by atoms with van der Waals surface area (Å²) in [6.07, 6.45) is 1.41. The lowest BCUT2D eigenvalue weighted by molar-refractivity contribution is -0.141. The SMILES string of the molecule is Cc1nccc([C@H]2CN(C(=O)COc3ccc(F)cc3)CCO2)n1. The van der Waals surface area contributed by atoms with E-state index in [2.05, 4.69) is 9.97 Å². The number of rotatable bonds is 4. The Hall–Kier alpha value is -2.54. The van der Waals surface area contributed by atoms with E-state index in [4.69, 9.17) is 9.47 Å². The predicted molar refractivity (Wildman–Crippen MR) is 83.9 cm³/mol. The predicted octanol–water partition coefficient (Wildman–Crippen LogP) is 1.90. The molecule has 0 aliphatic carbocycles. The molecule has 1 aliphatic heterocycles. The topological polar surface area (TPSA) is 64.6 Å². The molecule has 6 nitrogen and oxygen atoms in total. The Kier molecular flexibility index (Phi) is 5.00. The normalized spacial score (nSPS) is 17.6. The first-order valence-electron chi connectivity index (χ1n) is 7.69. The molecule has 0 bridgehead atoms. The Morgan fingerprint density at radius 1 is 1.38 bits per heavy atom. The summed E-state index contributed by atoms with van der Waals surface area (Å²) in [5.74, 6) is 0.642. The Morgan fingerprint density at radius 3 is 2.92 bits per heavy atom. The fraction of sp³-hybridized carbons (Fsp3) is 0.353. The molecule has 1 fully saturated rings. The summed E-state index contributed by atoms with van der Waals surface area (Å²) in [5.41, 5.74) is 0.763. The average molecular weight is 331 g/mol.